The van der Waals surface area contributed by atoms with Crippen molar-refractivity contribution in [2.24, 2.45) is 5.92 Å². The van der Waals surface area contributed by atoms with Gasteiger partial charge < -0.3 is 4.57 Å². The Labute approximate surface area is 140 Å². The summed E-state index contributed by atoms with van der Waals surface area (Å²) in [4.78, 5) is 17.4. The van der Waals surface area contributed by atoms with Crippen LogP contribution in [0.25, 0.3) is 23.2 Å². The van der Waals surface area contributed by atoms with E-state index in [0.29, 0.717) is 5.92 Å². The van der Waals surface area contributed by atoms with E-state index in [4.69, 9.17) is 4.98 Å². The highest BCUT2D eigenvalue weighted by Crippen LogP contribution is 2.22. The zero-order valence-electron chi connectivity index (χ0n) is 13.6. The van der Waals surface area contributed by atoms with Gasteiger partial charge in [-0.2, -0.15) is 0 Å². The molecular weight excluding hydrogens is 304 g/mol. The molecule has 0 radical (unpaired) electrons. The summed E-state index contributed by atoms with van der Waals surface area (Å²) in [5.74, 6) is 1.50. The van der Waals surface area contributed by atoms with Crippen molar-refractivity contribution in [2.75, 3.05) is 0 Å². The molecule has 0 atom stereocenters. The van der Waals surface area contributed by atoms with Gasteiger partial charge in [-0.1, -0.05) is 19.9 Å². The summed E-state index contributed by atoms with van der Waals surface area (Å²) in [5, 5.41) is 0. The number of hydrogen-bond donors (Lipinski definition) is 0. The minimum absolute atomic E-state index is 0.545. The number of aldehydes is 1. The smallest absolute Gasteiger partial charge is 0.160 e. The number of hydrogen-bond acceptors (Lipinski definition) is 3. The van der Waals surface area contributed by atoms with Crippen LogP contribution in [0.1, 0.15) is 39.8 Å². The quantitative estimate of drug-likeness (QED) is 0.616. The fourth-order valence-electron chi connectivity index (χ4n) is 2.61. The van der Waals surface area contributed by atoms with Crippen molar-refractivity contribution in [3.63, 3.8) is 0 Å². The lowest BCUT2D eigenvalue weighted by Gasteiger charge is -2.10. The number of carbonyl (C=O) groups excluding carboxylic acids is 1. The maximum absolute atomic E-state index is 10.8. The van der Waals surface area contributed by atoms with Crippen LogP contribution in [0.2, 0.25) is 0 Å². The first-order valence-corrected chi connectivity index (χ1v) is 8.58. The molecule has 0 N–H and O–H groups in total. The SMILES string of the molecule is Cc1ccc2nc(/C=C/c3ccc(C=O)s3)n(CC(C)C)c2c1. The highest BCUT2D eigenvalue weighted by Gasteiger charge is 2.10. The molecule has 0 saturated carbocycles. The molecule has 0 fully saturated rings. The third-order valence-electron chi connectivity index (χ3n) is 3.64. The molecule has 4 heteroatoms. The zero-order valence-corrected chi connectivity index (χ0v) is 14.4. The molecule has 0 amide bonds. The van der Waals surface area contributed by atoms with Crippen molar-refractivity contribution >= 4 is 40.8 Å². The Morgan fingerprint density at radius 2 is 1.96 bits per heavy atom. The summed E-state index contributed by atoms with van der Waals surface area (Å²) in [5.41, 5.74) is 3.44. The first-order chi connectivity index (χ1) is 11.1. The molecule has 0 aliphatic carbocycles. The van der Waals surface area contributed by atoms with Gasteiger partial charge in [-0.15, -0.1) is 11.3 Å². The number of aromatic nitrogens is 2. The van der Waals surface area contributed by atoms with Crippen LogP contribution < -0.4 is 0 Å². The van der Waals surface area contributed by atoms with Gasteiger partial charge in [0.25, 0.3) is 0 Å². The average Bonchev–Trinajstić information content (AvgIpc) is 3.10. The van der Waals surface area contributed by atoms with Gasteiger partial charge in [0, 0.05) is 11.4 Å². The van der Waals surface area contributed by atoms with E-state index in [0.717, 1.165) is 33.9 Å². The van der Waals surface area contributed by atoms with E-state index in [2.05, 4.69) is 43.5 Å². The number of aryl methyl sites for hydroxylation is 1. The topological polar surface area (TPSA) is 34.9 Å². The van der Waals surface area contributed by atoms with E-state index in [1.807, 2.05) is 24.3 Å². The van der Waals surface area contributed by atoms with E-state index in [1.165, 1.54) is 22.4 Å². The summed E-state index contributed by atoms with van der Waals surface area (Å²) in [6.45, 7) is 7.47. The molecule has 1 aromatic carbocycles. The lowest BCUT2D eigenvalue weighted by Crippen LogP contribution is -2.06. The molecule has 2 heterocycles. The monoisotopic (exact) mass is 324 g/mol. The van der Waals surface area contributed by atoms with Gasteiger partial charge in [-0.3, -0.25) is 4.79 Å². The van der Waals surface area contributed by atoms with E-state index >= 15 is 0 Å². The van der Waals surface area contributed by atoms with Crippen LogP contribution in [0.15, 0.2) is 30.3 Å². The minimum Gasteiger partial charge on any atom is -0.324 e. The number of carbonyl (C=O) groups is 1. The highest BCUT2D eigenvalue weighted by molar-refractivity contribution is 7.14. The predicted octanol–water partition coefficient (Wildman–Crippen LogP) is 5.05. The van der Waals surface area contributed by atoms with Crippen molar-refractivity contribution in [3.8, 4) is 0 Å². The predicted molar refractivity (Wildman–Crippen MR) is 97.9 cm³/mol. The van der Waals surface area contributed by atoms with Crippen molar-refractivity contribution in [2.45, 2.75) is 27.3 Å². The Hall–Kier alpha value is -2.20. The maximum atomic E-state index is 10.8. The van der Waals surface area contributed by atoms with E-state index in [-0.39, 0.29) is 0 Å². The van der Waals surface area contributed by atoms with E-state index < -0.39 is 0 Å². The number of benzene rings is 1. The fourth-order valence-corrected chi connectivity index (χ4v) is 3.34. The lowest BCUT2D eigenvalue weighted by atomic mass is 10.2. The first-order valence-electron chi connectivity index (χ1n) is 7.77. The Balaban J connectivity index is 2.03. The molecule has 3 rings (SSSR count). The van der Waals surface area contributed by atoms with Gasteiger partial charge >= 0.3 is 0 Å². The highest BCUT2D eigenvalue weighted by atomic mass is 32.1. The average molecular weight is 324 g/mol. The van der Waals surface area contributed by atoms with Gasteiger partial charge in [0.15, 0.2) is 6.29 Å². The number of thiophene rings is 1. The number of fused-ring (bicyclic) bond motifs is 1. The van der Waals surface area contributed by atoms with Crippen LogP contribution in [0.3, 0.4) is 0 Å². The Bertz CT molecular complexity index is 871. The maximum Gasteiger partial charge on any atom is 0.160 e. The van der Waals surface area contributed by atoms with Crippen LogP contribution in [-0.4, -0.2) is 15.8 Å². The number of rotatable bonds is 5. The molecule has 2 aromatic heterocycles. The van der Waals surface area contributed by atoms with E-state index in [1.54, 1.807) is 0 Å². The number of nitrogens with zero attached hydrogens (tertiary/aromatic N) is 2. The van der Waals surface area contributed by atoms with Gasteiger partial charge in [-0.25, -0.2) is 4.98 Å². The van der Waals surface area contributed by atoms with Gasteiger partial charge in [0.2, 0.25) is 0 Å². The summed E-state index contributed by atoms with van der Waals surface area (Å²) < 4.78 is 2.28. The minimum atomic E-state index is 0.545. The molecule has 3 nitrogen and oxygen atoms in total. The molecular formula is C19H20N2OS. The third kappa shape index (κ3) is 3.42. The molecule has 3 aromatic rings. The standard InChI is InChI=1S/C19H20N2OS/c1-13(2)11-21-18-10-14(3)4-8-17(18)20-19(21)9-7-15-5-6-16(12-22)23-15/h4-10,12-13H,11H2,1-3H3/b9-7+. The number of imidazole rings is 1. The zero-order chi connectivity index (χ0) is 16.4. The van der Waals surface area contributed by atoms with Gasteiger partial charge in [0.05, 0.1) is 15.9 Å². The van der Waals surface area contributed by atoms with Crippen LogP contribution in [0.4, 0.5) is 0 Å². The van der Waals surface area contributed by atoms with Crippen LogP contribution >= 0.6 is 11.3 Å². The molecule has 118 valence electrons. The molecule has 0 unspecified atom stereocenters. The molecule has 0 spiro atoms. The summed E-state index contributed by atoms with van der Waals surface area (Å²) in [6.07, 6.45) is 4.96. The largest absolute Gasteiger partial charge is 0.324 e. The van der Waals surface area contributed by atoms with Crippen LogP contribution in [-0.2, 0) is 6.54 Å². The molecule has 0 aliphatic heterocycles. The second-order valence-electron chi connectivity index (χ2n) is 6.16. The van der Waals surface area contributed by atoms with Crippen molar-refractivity contribution < 1.29 is 4.79 Å². The molecule has 23 heavy (non-hydrogen) atoms. The Morgan fingerprint density at radius 3 is 2.65 bits per heavy atom. The van der Waals surface area contributed by atoms with Crippen molar-refractivity contribution in [3.05, 3.63) is 51.5 Å². The summed E-state index contributed by atoms with van der Waals surface area (Å²) in [6, 6.07) is 10.2. The van der Waals surface area contributed by atoms with Crippen LogP contribution in [0.5, 0.6) is 0 Å². The van der Waals surface area contributed by atoms with E-state index in [9.17, 15) is 4.79 Å². The summed E-state index contributed by atoms with van der Waals surface area (Å²) in [7, 11) is 0. The van der Waals surface area contributed by atoms with Crippen LogP contribution in [0, 0.1) is 12.8 Å². The molecule has 0 bridgehead atoms. The Kier molecular flexibility index (Phi) is 4.44. The normalized spacial score (nSPS) is 11.8. The third-order valence-corrected chi connectivity index (χ3v) is 4.62. The van der Waals surface area contributed by atoms with Gasteiger partial charge in [0.1, 0.15) is 5.82 Å². The van der Waals surface area contributed by atoms with Gasteiger partial charge in [-0.05, 0) is 54.8 Å². The second-order valence-corrected chi connectivity index (χ2v) is 7.30. The lowest BCUT2D eigenvalue weighted by molar-refractivity contribution is 0.112. The molecule has 0 aliphatic rings. The molecule has 0 saturated heterocycles. The van der Waals surface area contributed by atoms with Crippen molar-refractivity contribution in [1.29, 1.82) is 0 Å². The van der Waals surface area contributed by atoms with Crippen molar-refractivity contribution in [1.82, 2.24) is 9.55 Å². The fraction of sp³-hybridized carbons (Fsp3) is 0.263. The first kappa shape index (κ1) is 15.7. The summed E-state index contributed by atoms with van der Waals surface area (Å²) >= 11 is 1.49. The second kappa shape index (κ2) is 6.50. The Morgan fingerprint density at radius 1 is 1.17 bits per heavy atom.